The molecular weight excluding hydrogens is 416 g/mol. The molecule has 0 radical (unpaired) electrons. The fourth-order valence-electron chi connectivity index (χ4n) is 2.38. The zero-order valence-electron chi connectivity index (χ0n) is 14.8. The minimum atomic E-state index is -1.20. The lowest BCUT2D eigenvalue weighted by Gasteiger charge is -2.09. The van der Waals surface area contributed by atoms with E-state index in [9.17, 15) is 14.4 Å². The Morgan fingerprint density at radius 3 is 2.62 bits per heavy atom. The maximum absolute atomic E-state index is 12.5. The Bertz CT molecular complexity index is 1050. The predicted molar refractivity (Wildman–Crippen MR) is 110 cm³/mol. The number of nitrogens with two attached hydrogens (primary N) is 1. The number of hydrogen-bond donors (Lipinski definition) is 3. The third-order valence-corrected chi connectivity index (χ3v) is 4.85. The van der Waals surface area contributed by atoms with Gasteiger partial charge in [0, 0.05) is 23.5 Å². The van der Waals surface area contributed by atoms with E-state index in [1.807, 2.05) is 0 Å². The smallest absolute Gasteiger partial charge is 0.380 e. The summed E-state index contributed by atoms with van der Waals surface area (Å²) in [5.41, 5.74) is 6.76. The minimum Gasteiger partial charge on any atom is -0.380 e. The number of nitrogens with zero attached hydrogens (tertiary/aromatic N) is 1. The Kier molecular flexibility index (Phi) is 6.43. The Labute approximate surface area is 174 Å². The van der Waals surface area contributed by atoms with Crippen LogP contribution in [0.5, 0.6) is 0 Å². The number of hydrogen-bond acceptors (Lipinski definition) is 7. The molecule has 4 N–H and O–H groups in total. The number of esters is 1. The van der Waals surface area contributed by atoms with Crippen molar-refractivity contribution >= 4 is 52.3 Å². The van der Waals surface area contributed by atoms with Gasteiger partial charge in [0.15, 0.2) is 0 Å². The number of ether oxygens (including phenoxy) is 1. The van der Waals surface area contributed by atoms with Crippen molar-refractivity contribution in [3.63, 3.8) is 0 Å². The standard InChI is InChI=1S/C19H15ClN4O4S/c20-12-1-3-13(4-2-12)24-17(25)16-14(6-8-29-16)23-10-11-5-7-22-15(9-11)18(26)28-19(21)27/h1-9,23H,10H2,(H2,21,27)(H,24,25). The van der Waals surface area contributed by atoms with Crippen molar-refractivity contribution in [1.82, 2.24) is 4.98 Å². The van der Waals surface area contributed by atoms with Crippen LogP contribution < -0.4 is 16.4 Å². The molecule has 8 nitrogen and oxygen atoms in total. The van der Waals surface area contributed by atoms with E-state index in [-0.39, 0.29) is 11.6 Å². The molecule has 0 atom stereocenters. The number of halogens is 1. The highest BCUT2D eigenvalue weighted by Crippen LogP contribution is 2.25. The van der Waals surface area contributed by atoms with E-state index in [4.69, 9.17) is 17.3 Å². The molecule has 3 aromatic rings. The molecule has 0 aliphatic rings. The Morgan fingerprint density at radius 2 is 1.90 bits per heavy atom. The Morgan fingerprint density at radius 1 is 1.14 bits per heavy atom. The van der Waals surface area contributed by atoms with Crippen LogP contribution in [0.4, 0.5) is 16.2 Å². The van der Waals surface area contributed by atoms with E-state index >= 15 is 0 Å². The van der Waals surface area contributed by atoms with Crippen molar-refractivity contribution < 1.29 is 19.1 Å². The molecule has 0 aliphatic heterocycles. The van der Waals surface area contributed by atoms with E-state index in [2.05, 4.69) is 20.4 Å². The van der Waals surface area contributed by atoms with Crippen molar-refractivity contribution in [1.29, 1.82) is 0 Å². The van der Waals surface area contributed by atoms with Crippen LogP contribution in [-0.2, 0) is 11.3 Å². The lowest BCUT2D eigenvalue weighted by molar-refractivity contribution is 0.0631. The molecule has 0 aliphatic carbocycles. The molecule has 10 heteroatoms. The fraction of sp³-hybridized carbons (Fsp3) is 0.0526. The molecule has 0 saturated heterocycles. The molecule has 0 unspecified atom stereocenters. The van der Waals surface area contributed by atoms with Gasteiger partial charge in [-0.05, 0) is 53.4 Å². The lowest BCUT2D eigenvalue weighted by atomic mass is 10.2. The van der Waals surface area contributed by atoms with Gasteiger partial charge in [0.25, 0.3) is 5.91 Å². The van der Waals surface area contributed by atoms with Gasteiger partial charge in [0.1, 0.15) is 10.6 Å². The molecule has 3 rings (SSSR count). The van der Waals surface area contributed by atoms with Crippen LogP contribution in [-0.4, -0.2) is 23.0 Å². The van der Waals surface area contributed by atoms with Crippen LogP contribution in [0.1, 0.15) is 25.7 Å². The molecule has 0 spiro atoms. The number of nitrogens with one attached hydrogen (secondary N) is 2. The van der Waals surface area contributed by atoms with E-state index in [0.717, 1.165) is 0 Å². The van der Waals surface area contributed by atoms with Crippen LogP contribution in [0.25, 0.3) is 0 Å². The average molecular weight is 431 g/mol. The van der Waals surface area contributed by atoms with Crippen LogP contribution in [0, 0.1) is 0 Å². The number of pyridine rings is 1. The summed E-state index contributed by atoms with van der Waals surface area (Å²) in [5.74, 6) is -1.19. The SMILES string of the molecule is NC(=O)OC(=O)c1cc(CNc2ccsc2C(=O)Nc2ccc(Cl)cc2)ccn1. The number of aromatic nitrogens is 1. The normalized spacial score (nSPS) is 10.2. The van der Waals surface area contributed by atoms with Gasteiger partial charge < -0.3 is 21.1 Å². The first-order chi connectivity index (χ1) is 13.9. The zero-order chi connectivity index (χ0) is 20.8. The highest BCUT2D eigenvalue weighted by molar-refractivity contribution is 7.12. The van der Waals surface area contributed by atoms with Gasteiger partial charge in [-0.25, -0.2) is 14.6 Å². The number of carbonyl (C=O) groups excluding carboxylic acids is 3. The molecule has 148 valence electrons. The number of benzene rings is 1. The summed E-state index contributed by atoms with van der Waals surface area (Å²) in [6.07, 6.45) is 0.214. The number of carbonyl (C=O) groups is 3. The minimum absolute atomic E-state index is 0.0471. The van der Waals surface area contributed by atoms with E-state index in [1.165, 1.54) is 23.6 Å². The number of primary amides is 1. The first kappa shape index (κ1) is 20.3. The fourth-order valence-corrected chi connectivity index (χ4v) is 3.27. The molecule has 2 aromatic heterocycles. The maximum Gasteiger partial charge on any atom is 0.412 e. The van der Waals surface area contributed by atoms with E-state index in [1.54, 1.807) is 41.8 Å². The molecule has 0 bridgehead atoms. The van der Waals surface area contributed by atoms with Gasteiger partial charge >= 0.3 is 12.1 Å². The second kappa shape index (κ2) is 9.18. The molecular formula is C19H15ClN4O4S. The Hall–Kier alpha value is -3.43. The van der Waals surface area contributed by atoms with Crippen LogP contribution in [0.2, 0.25) is 5.02 Å². The number of rotatable bonds is 6. The molecule has 29 heavy (non-hydrogen) atoms. The van der Waals surface area contributed by atoms with Gasteiger partial charge in [-0.15, -0.1) is 11.3 Å². The Balaban J connectivity index is 1.66. The van der Waals surface area contributed by atoms with E-state index in [0.29, 0.717) is 33.4 Å². The highest BCUT2D eigenvalue weighted by atomic mass is 35.5. The van der Waals surface area contributed by atoms with Crippen LogP contribution >= 0.6 is 22.9 Å². The zero-order valence-corrected chi connectivity index (χ0v) is 16.4. The number of amides is 2. The number of anilines is 2. The maximum atomic E-state index is 12.5. The van der Waals surface area contributed by atoms with Crippen molar-refractivity contribution in [2.45, 2.75) is 6.54 Å². The van der Waals surface area contributed by atoms with Crippen LogP contribution in [0.3, 0.4) is 0 Å². The van der Waals surface area contributed by atoms with Crippen molar-refractivity contribution in [3.05, 3.63) is 75.2 Å². The quantitative estimate of drug-likeness (QED) is 0.402. The topological polar surface area (TPSA) is 123 Å². The summed E-state index contributed by atoms with van der Waals surface area (Å²) in [5, 5.41) is 8.33. The third kappa shape index (κ3) is 5.53. The summed E-state index contributed by atoms with van der Waals surface area (Å²) < 4.78 is 4.31. The molecule has 0 fully saturated rings. The van der Waals surface area contributed by atoms with Crippen molar-refractivity contribution in [3.8, 4) is 0 Å². The molecule has 2 heterocycles. The monoisotopic (exact) mass is 430 g/mol. The first-order valence-corrected chi connectivity index (χ1v) is 9.53. The summed E-state index contributed by atoms with van der Waals surface area (Å²) in [6.45, 7) is 0.317. The summed E-state index contributed by atoms with van der Waals surface area (Å²) in [7, 11) is 0. The molecule has 1 aromatic carbocycles. The van der Waals surface area contributed by atoms with Crippen LogP contribution in [0.15, 0.2) is 54.0 Å². The second-order valence-corrected chi connectivity index (χ2v) is 7.09. The first-order valence-electron chi connectivity index (χ1n) is 8.27. The third-order valence-electron chi connectivity index (χ3n) is 3.68. The number of thiophene rings is 1. The molecule has 2 amide bonds. The second-order valence-electron chi connectivity index (χ2n) is 5.74. The summed E-state index contributed by atoms with van der Waals surface area (Å²) in [6, 6.07) is 11.7. The van der Waals surface area contributed by atoms with Crippen molar-refractivity contribution in [2.24, 2.45) is 5.73 Å². The lowest BCUT2D eigenvalue weighted by Crippen LogP contribution is -2.19. The summed E-state index contributed by atoms with van der Waals surface area (Å²) in [4.78, 5) is 39.3. The van der Waals surface area contributed by atoms with Crippen molar-refractivity contribution in [2.75, 3.05) is 10.6 Å². The summed E-state index contributed by atoms with van der Waals surface area (Å²) >= 11 is 7.14. The van der Waals surface area contributed by atoms with Gasteiger partial charge in [0.05, 0.1) is 5.69 Å². The van der Waals surface area contributed by atoms with Gasteiger partial charge in [-0.2, -0.15) is 0 Å². The van der Waals surface area contributed by atoms with E-state index < -0.39 is 12.1 Å². The van der Waals surface area contributed by atoms with Gasteiger partial charge in [0.2, 0.25) is 0 Å². The van der Waals surface area contributed by atoms with Gasteiger partial charge in [-0.1, -0.05) is 11.6 Å². The highest BCUT2D eigenvalue weighted by Gasteiger charge is 2.15. The average Bonchev–Trinajstić information content (AvgIpc) is 3.17. The molecule has 0 saturated carbocycles. The van der Waals surface area contributed by atoms with Gasteiger partial charge in [-0.3, -0.25) is 4.79 Å². The largest absolute Gasteiger partial charge is 0.412 e. The predicted octanol–water partition coefficient (Wildman–Crippen LogP) is 3.90.